The molecule has 10 heteroatoms. The predicted octanol–water partition coefficient (Wildman–Crippen LogP) is 1.20. The first-order valence-corrected chi connectivity index (χ1v) is 11.9. The van der Waals surface area contributed by atoms with Crippen LogP contribution < -0.4 is 21.4 Å². The molecule has 10 nitrogen and oxygen atoms in total. The maximum Gasteiger partial charge on any atom is 0.268 e. The lowest BCUT2D eigenvalue weighted by Gasteiger charge is -2.19. The van der Waals surface area contributed by atoms with Crippen LogP contribution in [0.3, 0.4) is 0 Å². The zero-order valence-electron chi connectivity index (χ0n) is 21.1. The van der Waals surface area contributed by atoms with E-state index in [-0.39, 0.29) is 18.0 Å². The van der Waals surface area contributed by atoms with Gasteiger partial charge in [0.15, 0.2) is 0 Å². The second-order valence-corrected chi connectivity index (χ2v) is 8.34. The van der Waals surface area contributed by atoms with Gasteiger partial charge in [-0.25, -0.2) is 5.48 Å². The average molecular weight is 526 g/mol. The molecule has 0 bridgehead atoms. The van der Waals surface area contributed by atoms with Crippen molar-refractivity contribution in [3.8, 4) is 23.7 Å². The van der Waals surface area contributed by atoms with Crippen molar-refractivity contribution >= 4 is 23.4 Å². The molecular formula is C29H27N5O5. The van der Waals surface area contributed by atoms with Gasteiger partial charge in [-0.3, -0.25) is 24.6 Å². The number of hydrogen-bond donors (Lipinski definition) is 6. The molecule has 2 atom stereocenters. The number of benzene rings is 2. The molecule has 0 aliphatic carbocycles. The number of nitrogens with zero attached hydrogens (tertiary/aromatic N) is 1. The minimum absolute atomic E-state index is 0.162. The molecule has 0 spiro atoms. The first kappa shape index (κ1) is 28.6. The Hall–Kier alpha value is -5.00. The third-order valence-electron chi connectivity index (χ3n) is 5.29. The highest BCUT2D eigenvalue weighted by Gasteiger charge is 2.25. The third-order valence-corrected chi connectivity index (χ3v) is 5.29. The third kappa shape index (κ3) is 9.43. The number of carbonyl (C=O) groups excluding carboxylic acids is 3. The molecule has 6 N–H and O–H groups in total. The van der Waals surface area contributed by atoms with Gasteiger partial charge in [0.2, 0.25) is 5.91 Å². The van der Waals surface area contributed by atoms with Gasteiger partial charge in [0, 0.05) is 41.3 Å². The minimum atomic E-state index is -1.30. The van der Waals surface area contributed by atoms with Crippen molar-refractivity contribution < 1.29 is 24.7 Å². The molecule has 0 unspecified atom stereocenters. The number of aliphatic hydroxyl groups is 1. The molecule has 0 aliphatic heterocycles. The SMILES string of the molecule is C[C@@H](O)[C@H](NC(=O)c1ccc(C#CC#Cc2ccc(NC(=O)CNCc3cccnc3)cc2)cc1)C(=O)NO. The second-order valence-electron chi connectivity index (χ2n) is 8.34. The molecule has 2 aromatic carbocycles. The minimum Gasteiger partial charge on any atom is -0.391 e. The topological polar surface area (TPSA) is 153 Å². The van der Waals surface area contributed by atoms with Gasteiger partial charge in [-0.05, 0) is 78.9 Å². The van der Waals surface area contributed by atoms with Crippen LogP contribution in [0, 0.1) is 23.7 Å². The highest BCUT2D eigenvalue weighted by Crippen LogP contribution is 2.09. The van der Waals surface area contributed by atoms with Gasteiger partial charge in [0.1, 0.15) is 6.04 Å². The van der Waals surface area contributed by atoms with Crippen LogP contribution in [0.5, 0.6) is 0 Å². The fourth-order valence-corrected chi connectivity index (χ4v) is 3.28. The van der Waals surface area contributed by atoms with Gasteiger partial charge in [0.05, 0.1) is 12.6 Å². The molecule has 3 amide bonds. The van der Waals surface area contributed by atoms with Crippen LogP contribution in [0.2, 0.25) is 0 Å². The molecule has 0 saturated heterocycles. The van der Waals surface area contributed by atoms with Crippen LogP contribution in [0.4, 0.5) is 5.69 Å². The Balaban J connectivity index is 1.48. The van der Waals surface area contributed by atoms with Gasteiger partial charge >= 0.3 is 0 Å². The number of pyridine rings is 1. The fourth-order valence-electron chi connectivity index (χ4n) is 3.28. The number of aliphatic hydroxyl groups excluding tert-OH is 1. The molecular weight excluding hydrogens is 498 g/mol. The van der Waals surface area contributed by atoms with E-state index in [1.54, 1.807) is 48.8 Å². The molecule has 0 fully saturated rings. The Morgan fingerprint density at radius 1 is 0.949 bits per heavy atom. The van der Waals surface area contributed by atoms with Gasteiger partial charge in [-0.2, -0.15) is 0 Å². The second kappa shape index (κ2) is 14.7. The van der Waals surface area contributed by atoms with Crippen LogP contribution >= 0.6 is 0 Å². The smallest absolute Gasteiger partial charge is 0.268 e. The molecule has 0 aliphatic rings. The first-order chi connectivity index (χ1) is 18.9. The van der Waals surface area contributed by atoms with Crippen LogP contribution in [0.25, 0.3) is 0 Å². The van der Waals surface area contributed by atoms with Gasteiger partial charge < -0.3 is 21.1 Å². The summed E-state index contributed by atoms with van der Waals surface area (Å²) >= 11 is 0. The molecule has 0 radical (unpaired) electrons. The Morgan fingerprint density at radius 2 is 1.59 bits per heavy atom. The normalized spacial score (nSPS) is 11.5. The zero-order chi connectivity index (χ0) is 28.0. The Kier molecular flexibility index (Phi) is 10.7. The maximum atomic E-state index is 12.3. The van der Waals surface area contributed by atoms with E-state index in [0.717, 1.165) is 11.1 Å². The van der Waals surface area contributed by atoms with Crippen LogP contribution in [-0.2, 0) is 16.1 Å². The lowest BCUT2D eigenvalue weighted by atomic mass is 10.1. The predicted molar refractivity (Wildman–Crippen MR) is 144 cm³/mol. The number of hydrogen-bond acceptors (Lipinski definition) is 7. The van der Waals surface area contributed by atoms with Crippen molar-refractivity contribution in [1.82, 2.24) is 21.1 Å². The zero-order valence-corrected chi connectivity index (χ0v) is 21.1. The van der Waals surface area contributed by atoms with Crippen molar-refractivity contribution in [2.45, 2.75) is 25.6 Å². The van der Waals surface area contributed by atoms with E-state index in [0.29, 0.717) is 17.8 Å². The summed E-state index contributed by atoms with van der Waals surface area (Å²) in [5, 5.41) is 26.6. The molecule has 3 rings (SSSR count). The lowest BCUT2D eigenvalue weighted by molar-refractivity contribution is -0.133. The van der Waals surface area contributed by atoms with Crippen LogP contribution in [0.1, 0.15) is 34.0 Å². The Bertz CT molecular complexity index is 1400. The first-order valence-electron chi connectivity index (χ1n) is 11.9. The van der Waals surface area contributed by atoms with E-state index in [1.807, 2.05) is 12.1 Å². The summed E-state index contributed by atoms with van der Waals surface area (Å²) in [6.07, 6.45) is 2.24. The molecule has 39 heavy (non-hydrogen) atoms. The summed E-state index contributed by atoms with van der Waals surface area (Å²) in [7, 11) is 0. The lowest BCUT2D eigenvalue weighted by Crippen LogP contribution is -2.51. The number of aromatic nitrogens is 1. The number of anilines is 1. The average Bonchev–Trinajstić information content (AvgIpc) is 2.95. The molecule has 198 valence electrons. The molecule has 1 aromatic heterocycles. The molecule has 0 saturated carbocycles. The van der Waals surface area contributed by atoms with E-state index in [4.69, 9.17) is 5.21 Å². The van der Waals surface area contributed by atoms with Crippen molar-refractivity contribution in [2.24, 2.45) is 0 Å². The maximum absolute atomic E-state index is 12.3. The number of nitrogens with one attached hydrogen (secondary N) is 4. The van der Waals surface area contributed by atoms with Crippen molar-refractivity contribution in [3.63, 3.8) is 0 Å². The van der Waals surface area contributed by atoms with E-state index in [2.05, 4.69) is 44.6 Å². The Morgan fingerprint density at radius 3 is 2.15 bits per heavy atom. The monoisotopic (exact) mass is 525 g/mol. The van der Waals surface area contributed by atoms with E-state index in [1.165, 1.54) is 24.5 Å². The van der Waals surface area contributed by atoms with Gasteiger partial charge in [-0.1, -0.05) is 17.9 Å². The number of amides is 3. The highest BCUT2D eigenvalue weighted by molar-refractivity contribution is 5.97. The quantitative estimate of drug-likeness (QED) is 0.139. The number of rotatable bonds is 9. The summed E-state index contributed by atoms with van der Waals surface area (Å²) in [5.74, 6) is 9.62. The largest absolute Gasteiger partial charge is 0.391 e. The summed E-state index contributed by atoms with van der Waals surface area (Å²) in [5.41, 5.74) is 4.65. The Labute approximate surface area is 225 Å². The summed E-state index contributed by atoms with van der Waals surface area (Å²) < 4.78 is 0. The van der Waals surface area contributed by atoms with E-state index in [9.17, 15) is 19.5 Å². The van der Waals surface area contributed by atoms with E-state index >= 15 is 0 Å². The molecule has 1 heterocycles. The van der Waals surface area contributed by atoms with Gasteiger partial charge in [-0.15, -0.1) is 0 Å². The number of hydroxylamine groups is 1. The van der Waals surface area contributed by atoms with Gasteiger partial charge in [0.25, 0.3) is 11.8 Å². The van der Waals surface area contributed by atoms with Crippen LogP contribution in [0.15, 0.2) is 73.1 Å². The van der Waals surface area contributed by atoms with Crippen molar-refractivity contribution in [3.05, 3.63) is 95.3 Å². The summed E-state index contributed by atoms with van der Waals surface area (Å²) in [6, 6.07) is 15.8. The molecule has 3 aromatic rings. The summed E-state index contributed by atoms with van der Waals surface area (Å²) in [6.45, 7) is 2.03. The fraction of sp³-hybridized carbons (Fsp3) is 0.172. The van der Waals surface area contributed by atoms with Crippen molar-refractivity contribution in [1.29, 1.82) is 0 Å². The number of carbonyl (C=O) groups is 3. The standard InChI is InChI=1S/C29H27N5O5/c1-20(35)27(29(38)34-39)33-28(37)24-12-8-21(9-13-24)5-2-3-6-22-10-14-25(15-11-22)32-26(36)19-31-18-23-7-4-16-30-17-23/h4,7-17,20,27,31,35,39H,18-19H2,1H3,(H,32,36)(H,33,37)(H,34,38)/t20-,27+/m1/s1. The van der Waals surface area contributed by atoms with Crippen molar-refractivity contribution in [2.75, 3.05) is 11.9 Å². The van der Waals surface area contributed by atoms with Crippen LogP contribution in [-0.4, -0.2) is 51.7 Å². The highest BCUT2D eigenvalue weighted by atomic mass is 16.5. The van der Waals surface area contributed by atoms with E-state index < -0.39 is 24.0 Å². The summed E-state index contributed by atoms with van der Waals surface area (Å²) in [4.78, 5) is 40.0.